The van der Waals surface area contributed by atoms with Crippen LogP contribution in [0.5, 0.6) is 23.0 Å². The van der Waals surface area contributed by atoms with Crippen molar-refractivity contribution in [1.29, 1.82) is 0 Å². The summed E-state index contributed by atoms with van der Waals surface area (Å²) in [5.74, 6) is 0.150. The number of benzene rings is 3. The van der Waals surface area contributed by atoms with E-state index in [0.29, 0.717) is 49.8 Å². The zero-order valence-corrected chi connectivity index (χ0v) is 19.8. The number of fused-ring (bicyclic) bond motifs is 1. The van der Waals surface area contributed by atoms with E-state index < -0.39 is 12.3 Å². The van der Waals surface area contributed by atoms with Crippen LogP contribution in [0.3, 0.4) is 0 Å². The fourth-order valence-corrected chi connectivity index (χ4v) is 3.88. The largest absolute Gasteiger partial charge is 0.573 e. The van der Waals surface area contributed by atoms with Gasteiger partial charge in [0.1, 0.15) is 23.0 Å². The van der Waals surface area contributed by atoms with Gasteiger partial charge in [0.15, 0.2) is 0 Å². The Bertz CT molecular complexity index is 1420. The van der Waals surface area contributed by atoms with E-state index in [0.717, 1.165) is 12.1 Å². The first-order valence-electron chi connectivity index (χ1n) is 10.6. The second-order valence-electron chi connectivity index (χ2n) is 7.76. The van der Waals surface area contributed by atoms with Crippen LogP contribution in [-0.4, -0.2) is 22.4 Å². The number of ether oxygens (including phenoxy) is 3. The van der Waals surface area contributed by atoms with Crippen molar-refractivity contribution in [2.45, 2.75) is 26.8 Å². The summed E-state index contributed by atoms with van der Waals surface area (Å²) in [5, 5.41) is 10.3. The Kier molecular flexibility index (Phi) is 7.05. The minimum Gasteiger partial charge on any atom is -0.457 e. The molecule has 36 heavy (non-hydrogen) atoms. The maximum atomic E-state index is 12.3. The Labute approximate surface area is 208 Å². The van der Waals surface area contributed by atoms with Crippen molar-refractivity contribution in [2.24, 2.45) is 0 Å². The lowest BCUT2D eigenvalue weighted by molar-refractivity contribution is -0.274. The predicted molar refractivity (Wildman–Crippen MR) is 127 cm³/mol. The molecule has 0 spiro atoms. The fourth-order valence-electron chi connectivity index (χ4n) is 3.66. The van der Waals surface area contributed by atoms with Gasteiger partial charge in [-0.3, -0.25) is 9.78 Å². The van der Waals surface area contributed by atoms with Crippen molar-refractivity contribution in [3.05, 3.63) is 76.9 Å². The highest BCUT2D eigenvalue weighted by molar-refractivity contribution is 6.32. The number of hydrogen-bond donors (Lipinski definition) is 1. The fraction of sp³-hybridized carbons (Fsp3) is 0.154. The van der Waals surface area contributed by atoms with Gasteiger partial charge >= 0.3 is 12.3 Å². The summed E-state index contributed by atoms with van der Waals surface area (Å²) >= 11 is 6.28. The molecule has 4 aromatic rings. The number of esters is 1. The molecule has 0 unspecified atom stereocenters. The van der Waals surface area contributed by atoms with E-state index in [1.54, 1.807) is 43.3 Å². The minimum absolute atomic E-state index is 0.264. The maximum Gasteiger partial charge on any atom is 0.573 e. The van der Waals surface area contributed by atoms with E-state index in [-0.39, 0.29) is 18.1 Å². The number of halogens is 4. The molecule has 1 N–H and O–H groups in total. The molecule has 0 saturated heterocycles. The number of hydrogen-bond acceptors (Lipinski definition) is 6. The Balaban J connectivity index is 1.67. The van der Waals surface area contributed by atoms with E-state index in [1.807, 2.05) is 0 Å². The number of carbonyl (C=O) groups is 1. The molecular weight excluding hydrogens is 499 g/mol. The summed E-state index contributed by atoms with van der Waals surface area (Å²) in [6.45, 7) is 2.79. The number of alkyl halides is 3. The Morgan fingerprint density at radius 1 is 1.00 bits per heavy atom. The molecule has 0 radical (unpaired) electrons. The van der Waals surface area contributed by atoms with Gasteiger partial charge < -0.3 is 19.3 Å². The lowest BCUT2D eigenvalue weighted by atomic mass is 9.99. The highest BCUT2D eigenvalue weighted by Crippen LogP contribution is 2.41. The second-order valence-corrected chi connectivity index (χ2v) is 8.17. The molecule has 0 amide bonds. The Hall–Kier alpha value is -3.82. The van der Waals surface area contributed by atoms with Gasteiger partial charge in [0, 0.05) is 28.6 Å². The third-order valence-corrected chi connectivity index (χ3v) is 5.49. The molecule has 3 aromatic carbocycles. The first kappa shape index (κ1) is 25.3. The SMILES string of the molecule is CC(=O)Oc1c(-c2ccc(Oc3ccc(OC(F)(F)F)cc3)cc2)c(C)nc2cc(CO)c(Cl)cc12. The molecule has 0 fully saturated rings. The third-order valence-electron chi connectivity index (χ3n) is 5.14. The van der Waals surface area contributed by atoms with Crippen LogP contribution in [0, 0.1) is 6.92 Å². The average Bonchev–Trinajstić information content (AvgIpc) is 2.80. The summed E-state index contributed by atoms with van der Waals surface area (Å²) in [4.78, 5) is 16.5. The zero-order chi connectivity index (χ0) is 26.0. The van der Waals surface area contributed by atoms with Gasteiger partial charge in [0.2, 0.25) is 0 Å². The lowest BCUT2D eigenvalue weighted by Gasteiger charge is -2.16. The molecule has 1 heterocycles. The molecule has 0 saturated carbocycles. The smallest absolute Gasteiger partial charge is 0.457 e. The van der Waals surface area contributed by atoms with Gasteiger partial charge in [-0.25, -0.2) is 0 Å². The average molecular weight is 518 g/mol. The maximum absolute atomic E-state index is 12.3. The Morgan fingerprint density at radius 3 is 2.14 bits per heavy atom. The van der Waals surface area contributed by atoms with Crippen LogP contribution in [0.2, 0.25) is 5.02 Å². The molecule has 0 aliphatic carbocycles. The number of carbonyl (C=O) groups excluding carboxylic acids is 1. The van der Waals surface area contributed by atoms with Crippen molar-refractivity contribution in [3.8, 4) is 34.1 Å². The molecule has 0 atom stereocenters. The summed E-state index contributed by atoms with van der Waals surface area (Å²) < 4.78 is 52.1. The quantitative estimate of drug-likeness (QED) is 0.278. The van der Waals surface area contributed by atoms with Crippen LogP contribution in [0.15, 0.2) is 60.7 Å². The van der Waals surface area contributed by atoms with Crippen molar-refractivity contribution in [2.75, 3.05) is 0 Å². The van der Waals surface area contributed by atoms with Crippen molar-refractivity contribution in [1.82, 2.24) is 4.98 Å². The molecule has 10 heteroatoms. The number of nitrogens with zero attached hydrogens (tertiary/aromatic N) is 1. The van der Waals surface area contributed by atoms with E-state index >= 15 is 0 Å². The summed E-state index contributed by atoms with van der Waals surface area (Å²) in [7, 11) is 0. The Morgan fingerprint density at radius 2 is 1.58 bits per heavy atom. The summed E-state index contributed by atoms with van der Waals surface area (Å²) in [5.41, 5.74) is 2.85. The van der Waals surface area contributed by atoms with Crippen LogP contribution in [0.25, 0.3) is 22.0 Å². The molecule has 6 nitrogen and oxygen atoms in total. The molecule has 0 aliphatic rings. The number of aliphatic hydroxyl groups is 1. The summed E-state index contributed by atoms with van der Waals surface area (Å²) in [6.07, 6.45) is -4.77. The van der Waals surface area contributed by atoms with Gasteiger partial charge in [-0.2, -0.15) is 0 Å². The number of aromatic nitrogens is 1. The van der Waals surface area contributed by atoms with Gasteiger partial charge in [0.25, 0.3) is 0 Å². The van der Waals surface area contributed by atoms with Crippen LogP contribution >= 0.6 is 11.6 Å². The molecule has 0 aliphatic heterocycles. The van der Waals surface area contributed by atoms with Gasteiger partial charge in [-0.15, -0.1) is 13.2 Å². The molecule has 186 valence electrons. The molecule has 1 aromatic heterocycles. The van der Waals surface area contributed by atoms with Crippen molar-refractivity contribution in [3.63, 3.8) is 0 Å². The van der Waals surface area contributed by atoms with Crippen LogP contribution in [0.4, 0.5) is 13.2 Å². The van der Waals surface area contributed by atoms with E-state index in [4.69, 9.17) is 21.1 Å². The van der Waals surface area contributed by atoms with E-state index in [9.17, 15) is 23.1 Å². The summed E-state index contributed by atoms with van der Waals surface area (Å²) in [6, 6.07) is 15.1. The first-order valence-corrected chi connectivity index (χ1v) is 11.0. The van der Waals surface area contributed by atoms with Crippen LogP contribution < -0.4 is 14.2 Å². The molecule has 4 rings (SSSR count). The van der Waals surface area contributed by atoms with E-state index in [2.05, 4.69) is 9.72 Å². The second kappa shape index (κ2) is 10.0. The number of aryl methyl sites for hydroxylation is 1. The monoisotopic (exact) mass is 517 g/mol. The number of rotatable bonds is 6. The van der Waals surface area contributed by atoms with Crippen LogP contribution in [-0.2, 0) is 11.4 Å². The third kappa shape index (κ3) is 5.69. The van der Waals surface area contributed by atoms with Gasteiger partial charge in [-0.1, -0.05) is 23.7 Å². The number of pyridine rings is 1. The topological polar surface area (TPSA) is 77.9 Å². The number of aliphatic hydroxyl groups excluding tert-OH is 1. The highest BCUT2D eigenvalue weighted by atomic mass is 35.5. The zero-order valence-electron chi connectivity index (χ0n) is 19.0. The van der Waals surface area contributed by atoms with Crippen LogP contribution in [0.1, 0.15) is 18.2 Å². The normalized spacial score (nSPS) is 11.4. The van der Waals surface area contributed by atoms with E-state index in [1.165, 1.54) is 19.1 Å². The molecule has 0 bridgehead atoms. The van der Waals surface area contributed by atoms with Gasteiger partial charge in [-0.05, 0) is 66.6 Å². The minimum atomic E-state index is -4.77. The molecular formula is C26H19ClF3NO5. The predicted octanol–water partition coefficient (Wildman–Crippen LogP) is 6.97. The van der Waals surface area contributed by atoms with Gasteiger partial charge in [0.05, 0.1) is 12.1 Å². The first-order chi connectivity index (χ1) is 17.0. The lowest BCUT2D eigenvalue weighted by Crippen LogP contribution is -2.16. The van der Waals surface area contributed by atoms with Crippen molar-refractivity contribution >= 4 is 28.5 Å². The van der Waals surface area contributed by atoms with Crippen molar-refractivity contribution < 1.29 is 37.3 Å². The standard InChI is InChI=1S/C26H19ClF3NO5/c1-14-24(25(34-15(2)33)21-12-22(27)17(13-32)11-23(21)31-14)16-3-5-18(6-4-16)35-19-7-9-20(10-8-19)36-26(28,29)30/h3-12,32H,13H2,1-2H3. The highest BCUT2D eigenvalue weighted by Gasteiger charge is 2.31.